The third-order valence-corrected chi connectivity index (χ3v) is 4.12. The van der Waals surface area contributed by atoms with E-state index in [0.717, 1.165) is 0 Å². The van der Waals surface area contributed by atoms with E-state index in [1.54, 1.807) is 0 Å². The minimum Gasteiger partial charge on any atom is -0.466 e. The Balaban J connectivity index is 2.12. The van der Waals surface area contributed by atoms with Crippen LogP contribution >= 0.6 is 0 Å². The monoisotopic (exact) mass is 222 g/mol. The molecule has 0 amide bonds. The quantitative estimate of drug-likeness (QED) is 0.541. The summed E-state index contributed by atoms with van der Waals surface area (Å²) in [6, 6.07) is 0. The van der Waals surface area contributed by atoms with E-state index < -0.39 is 0 Å². The van der Waals surface area contributed by atoms with Crippen LogP contribution in [0.2, 0.25) is 0 Å². The van der Waals surface area contributed by atoms with Gasteiger partial charge in [-0.2, -0.15) is 0 Å². The van der Waals surface area contributed by atoms with Crippen LogP contribution in [0.3, 0.4) is 0 Å². The van der Waals surface area contributed by atoms with Crippen molar-refractivity contribution >= 4 is 5.97 Å². The Morgan fingerprint density at radius 2 is 2.00 bits per heavy atom. The molecule has 90 valence electrons. The first-order valence-electron chi connectivity index (χ1n) is 6.43. The minimum atomic E-state index is 0.0342. The van der Waals surface area contributed by atoms with E-state index in [9.17, 15) is 4.79 Å². The molecule has 0 N–H and O–H groups in total. The third-order valence-electron chi connectivity index (χ3n) is 4.12. The molecule has 2 aliphatic rings. The SMILES string of the molecule is CCOC(=O)C1C(C=C(C)C)C12CCCC2. The number of esters is 1. The molecule has 1 spiro atoms. The average molecular weight is 222 g/mol. The molecule has 2 nitrogen and oxygen atoms in total. The molecule has 0 aromatic carbocycles. The van der Waals surface area contributed by atoms with E-state index in [1.807, 2.05) is 6.92 Å². The van der Waals surface area contributed by atoms with Gasteiger partial charge in [-0.15, -0.1) is 0 Å². The average Bonchev–Trinajstić information content (AvgIpc) is 2.58. The lowest BCUT2D eigenvalue weighted by atomic mass is 9.99. The van der Waals surface area contributed by atoms with Gasteiger partial charge in [-0.1, -0.05) is 24.5 Å². The minimum absolute atomic E-state index is 0.0342. The van der Waals surface area contributed by atoms with E-state index in [-0.39, 0.29) is 17.3 Å². The lowest BCUT2D eigenvalue weighted by Crippen LogP contribution is -2.11. The molecule has 2 aliphatic carbocycles. The molecule has 2 heteroatoms. The number of hydrogen-bond donors (Lipinski definition) is 0. The second-order valence-electron chi connectivity index (χ2n) is 5.44. The van der Waals surface area contributed by atoms with Gasteiger partial charge in [0.15, 0.2) is 0 Å². The van der Waals surface area contributed by atoms with Gasteiger partial charge < -0.3 is 4.74 Å². The predicted octanol–water partition coefficient (Wildman–Crippen LogP) is 3.32. The molecule has 0 aliphatic heterocycles. The Hall–Kier alpha value is -0.790. The summed E-state index contributed by atoms with van der Waals surface area (Å²) in [4.78, 5) is 11.9. The van der Waals surface area contributed by atoms with Crippen LogP contribution in [0.25, 0.3) is 0 Å². The van der Waals surface area contributed by atoms with E-state index in [0.29, 0.717) is 12.5 Å². The Bertz CT molecular complexity index is 307. The molecule has 2 rings (SSSR count). The van der Waals surface area contributed by atoms with Crippen LogP contribution in [-0.4, -0.2) is 12.6 Å². The van der Waals surface area contributed by atoms with Gasteiger partial charge in [0, 0.05) is 0 Å². The van der Waals surface area contributed by atoms with Crippen LogP contribution in [0.4, 0.5) is 0 Å². The Morgan fingerprint density at radius 1 is 1.38 bits per heavy atom. The van der Waals surface area contributed by atoms with Crippen LogP contribution in [0, 0.1) is 17.3 Å². The number of carbonyl (C=O) groups is 1. The summed E-state index contributed by atoms with van der Waals surface area (Å²) in [7, 11) is 0. The van der Waals surface area contributed by atoms with Gasteiger partial charge in [-0.25, -0.2) is 0 Å². The maximum absolute atomic E-state index is 11.9. The highest BCUT2D eigenvalue weighted by Crippen LogP contribution is 2.68. The van der Waals surface area contributed by atoms with Gasteiger partial charge in [0.05, 0.1) is 12.5 Å². The zero-order valence-electron chi connectivity index (χ0n) is 10.6. The summed E-state index contributed by atoms with van der Waals surface area (Å²) in [6.45, 7) is 6.62. The molecule has 0 bridgehead atoms. The van der Waals surface area contributed by atoms with Crippen LogP contribution in [0.5, 0.6) is 0 Å². The normalized spacial score (nSPS) is 30.2. The van der Waals surface area contributed by atoms with Crippen molar-refractivity contribution in [3.05, 3.63) is 11.6 Å². The summed E-state index contributed by atoms with van der Waals surface area (Å²) in [5, 5.41) is 0. The second-order valence-corrected chi connectivity index (χ2v) is 5.44. The van der Waals surface area contributed by atoms with Crippen molar-refractivity contribution in [2.45, 2.75) is 46.5 Å². The van der Waals surface area contributed by atoms with Crippen molar-refractivity contribution in [2.24, 2.45) is 17.3 Å². The van der Waals surface area contributed by atoms with E-state index in [1.165, 1.54) is 31.3 Å². The third kappa shape index (κ3) is 1.79. The summed E-state index contributed by atoms with van der Waals surface area (Å²) in [6.07, 6.45) is 7.27. The smallest absolute Gasteiger partial charge is 0.310 e. The largest absolute Gasteiger partial charge is 0.466 e. The van der Waals surface area contributed by atoms with E-state index in [2.05, 4.69) is 19.9 Å². The molecule has 0 heterocycles. The molecule has 16 heavy (non-hydrogen) atoms. The lowest BCUT2D eigenvalue weighted by Gasteiger charge is -2.07. The fourth-order valence-corrected chi connectivity index (χ4v) is 3.44. The first-order valence-corrected chi connectivity index (χ1v) is 6.43. The van der Waals surface area contributed by atoms with Gasteiger partial charge in [-0.05, 0) is 44.9 Å². The van der Waals surface area contributed by atoms with E-state index >= 15 is 0 Å². The standard InChI is InChI=1S/C14H22O2/c1-4-16-13(15)12-11(9-10(2)3)14(12)7-5-6-8-14/h9,11-12H,4-8H2,1-3H3. The molecule has 0 saturated heterocycles. The van der Waals surface area contributed by atoms with Crippen LogP contribution in [-0.2, 0) is 9.53 Å². The fraction of sp³-hybridized carbons (Fsp3) is 0.786. The number of hydrogen-bond acceptors (Lipinski definition) is 2. The van der Waals surface area contributed by atoms with Gasteiger partial charge in [0.1, 0.15) is 0 Å². The molecule has 2 atom stereocenters. The molecule has 0 radical (unpaired) electrons. The van der Waals surface area contributed by atoms with Crippen molar-refractivity contribution in [1.29, 1.82) is 0 Å². The van der Waals surface area contributed by atoms with E-state index in [4.69, 9.17) is 4.74 Å². The number of allylic oxidation sites excluding steroid dienone is 2. The van der Waals surface area contributed by atoms with Gasteiger partial charge in [0.25, 0.3) is 0 Å². The van der Waals surface area contributed by atoms with Crippen molar-refractivity contribution in [2.75, 3.05) is 6.61 Å². The highest BCUT2D eigenvalue weighted by Gasteiger charge is 2.67. The molecule has 2 fully saturated rings. The number of ether oxygens (including phenoxy) is 1. The second kappa shape index (κ2) is 4.23. The first-order chi connectivity index (χ1) is 7.62. The molecule has 0 aromatic rings. The molecular formula is C14H22O2. The molecule has 2 unspecified atom stereocenters. The van der Waals surface area contributed by atoms with Crippen LogP contribution < -0.4 is 0 Å². The molecular weight excluding hydrogens is 200 g/mol. The highest BCUT2D eigenvalue weighted by molar-refractivity contribution is 5.78. The first kappa shape index (κ1) is 11.7. The topological polar surface area (TPSA) is 26.3 Å². The summed E-state index contributed by atoms with van der Waals surface area (Å²) in [5.41, 5.74) is 1.60. The van der Waals surface area contributed by atoms with Gasteiger partial charge in [-0.3, -0.25) is 4.79 Å². The Labute approximate surface area is 98.1 Å². The zero-order chi connectivity index (χ0) is 11.8. The predicted molar refractivity (Wildman–Crippen MR) is 63.9 cm³/mol. The summed E-state index contributed by atoms with van der Waals surface area (Å²) >= 11 is 0. The Morgan fingerprint density at radius 3 is 2.50 bits per heavy atom. The van der Waals surface area contributed by atoms with Crippen molar-refractivity contribution in [3.8, 4) is 0 Å². The highest BCUT2D eigenvalue weighted by atomic mass is 16.5. The van der Waals surface area contributed by atoms with Crippen molar-refractivity contribution < 1.29 is 9.53 Å². The number of rotatable bonds is 3. The van der Waals surface area contributed by atoms with Gasteiger partial charge in [0.2, 0.25) is 0 Å². The van der Waals surface area contributed by atoms with Crippen LogP contribution in [0.15, 0.2) is 11.6 Å². The zero-order valence-corrected chi connectivity index (χ0v) is 10.6. The lowest BCUT2D eigenvalue weighted by molar-refractivity contribution is -0.145. The van der Waals surface area contributed by atoms with Crippen molar-refractivity contribution in [1.82, 2.24) is 0 Å². The summed E-state index contributed by atoms with van der Waals surface area (Å²) in [5.74, 6) is 0.649. The maximum Gasteiger partial charge on any atom is 0.310 e. The molecule has 2 saturated carbocycles. The maximum atomic E-state index is 11.9. The fourth-order valence-electron chi connectivity index (χ4n) is 3.44. The Kier molecular flexibility index (Phi) is 3.09. The molecule has 0 aromatic heterocycles. The van der Waals surface area contributed by atoms with Crippen LogP contribution in [0.1, 0.15) is 46.5 Å². The summed E-state index contributed by atoms with van der Waals surface area (Å²) < 4.78 is 5.20. The number of carbonyl (C=O) groups excluding carboxylic acids is 1. The van der Waals surface area contributed by atoms with Gasteiger partial charge >= 0.3 is 5.97 Å². The van der Waals surface area contributed by atoms with Crippen molar-refractivity contribution in [3.63, 3.8) is 0 Å².